The Morgan fingerprint density at radius 1 is 1.11 bits per heavy atom. The number of aromatic nitrogens is 2. The van der Waals surface area contributed by atoms with Crippen LogP contribution in [0.3, 0.4) is 0 Å². The van der Waals surface area contributed by atoms with Crippen LogP contribution in [0.5, 0.6) is 11.5 Å². The lowest BCUT2D eigenvalue weighted by Gasteiger charge is -2.08. The zero-order valence-electron chi connectivity index (χ0n) is 11.0. The van der Waals surface area contributed by atoms with Gasteiger partial charge >= 0.3 is 0 Å². The first-order valence-corrected chi connectivity index (χ1v) is 5.71. The van der Waals surface area contributed by atoms with Gasteiger partial charge in [0.1, 0.15) is 11.5 Å². The number of ether oxygens (including phenoxy) is 2. The molecule has 5 heteroatoms. The van der Waals surface area contributed by atoms with Crippen molar-refractivity contribution in [1.29, 1.82) is 0 Å². The normalized spacial score (nSPS) is 10.1. The van der Waals surface area contributed by atoms with E-state index >= 15 is 0 Å². The van der Waals surface area contributed by atoms with Gasteiger partial charge in [-0.1, -0.05) is 0 Å². The third kappa shape index (κ3) is 2.70. The second-order valence-corrected chi connectivity index (χ2v) is 3.98. The molecule has 0 aliphatic heterocycles. The molecule has 0 N–H and O–H groups in total. The summed E-state index contributed by atoms with van der Waals surface area (Å²) in [4.78, 5) is 20.3. The minimum atomic E-state index is -0.278. The maximum atomic E-state index is 12.3. The van der Waals surface area contributed by atoms with Crippen LogP contribution < -0.4 is 9.47 Å². The molecule has 0 atom stereocenters. The summed E-state index contributed by atoms with van der Waals surface area (Å²) in [6.45, 7) is 1.86. The largest absolute Gasteiger partial charge is 0.497 e. The Bertz CT molecular complexity index is 594. The molecule has 2 aromatic rings. The molecule has 0 saturated carbocycles. The number of benzene rings is 1. The first kappa shape index (κ1) is 13.0. The molecular formula is C14H14N2O3. The molecule has 19 heavy (non-hydrogen) atoms. The molecule has 0 spiro atoms. The van der Waals surface area contributed by atoms with Crippen LogP contribution in [0.2, 0.25) is 0 Å². The summed E-state index contributed by atoms with van der Waals surface area (Å²) in [6.07, 6.45) is 3.21. The Hall–Kier alpha value is -2.43. The van der Waals surface area contributed by atoms with E-state index in [1.165, 1.54) is 7.11 Å². The molecule has 0 unspecified atom stereocenters. The van der Waals surface area contributed by atoms with Crippen LogP contribution in [0.15, 0.2) is 30.6 Å². The molecule has 0 amide bonds. The second-order valence-electron chi connectivity index (χ2n) is 3.98. The topological polar surface area (TPSA) is 61.3 Å². The highest BCUT2D eigenvalue weighted by Crippen LogP contribution is 2.25. The van der Waals surface area contributed by atoms with Crippen molar-refractivity contribution >= 4 is 5.78 Å². The van der Waals surface area contributed by atoms with E-state index in [1.54, 1.807) is 37.7 Å². The monoisotopic (exact) mass is 258 g/mol. The van der Waals surface area contributed by atoms with Gasteiger partial charge in [0.15, 0.2) is 0 Å². The average Bonchev–Trinajstić information content (AvgIpc) is 2.46. The SMILES string of the molecule is COc1ccc(C(=O)c2ncc(C)cn2)c(OC)c1. The molecule has 1 heterocycles. The maximum Gasteiger partial charge on any atom is 0.233 e. The van der Waals surface area contributed by atoms with Crippen LogP contribution >= 0.6 is 0 Å². The van der Waals surface area contributed by atoms with Crippen LogP contribution in [0.1, 0.15) is 21.7 Å². The lowest BCUT2D eigenvalue weighted by Crippen LogP contribution is -2.08. The number of hydrogen-bond donors (Lipinski definition) is 0. The first-order valence-electron chi connectivity index (χ1n) is 5.71. The van der Waals surface area contributed by atoms with Crippen molar-refractivity contribution in [3.05, 3.63) is 47.5 Å². The molecule has 0 bridgehead atoms. The smallest absolute Gasteiger partial charge is 0.233 e. The fourth-order valence-corrected chi connectivity index (χ4v) is 1.62. The minimum Gasteiger partial charge on any atom is -0.497 e. The van der Waals surface area contributed by atoms with E-state index in [1.807, 2.05) is 6.92 Å². The van der Waals surface area contributed by atoms with Crippen LogP contribution in [0, 0.1) is 6.92 Å². The van der Waals surface area contributed by atoms with E-state index in [9.17, 15) is 4.79 Å². The number of methoxy groups -OCH3 is 2. The summed E-state index contributed by atoms with van der Waals surface area (Å²) in [7, 11) is 3.06. The minimum absolute atomic E-state index is 0.147. The summed E-state index contributed by atoms with van der Waals surface area (Å²) in [5.41, 5.74) is 1.31. The Labute approximate surface area is 111 Å². The molecule has 0 aliphatic carbocycles. The van der Waals surface area contributed by atoms with Gasteiger partial charge in [-0.05, 0) is 24.6 Å². The number of carbonyl (C=O) groups excluding carboxylic acids is 1. The molecule has 5 nitrogen and oxygen atoms in total. The third-order valence-corrected chi connectivity index (χ3v) is 2.64. The van der Waals surface area contributed by atoms with Gasteiger partial charge in [-0.2, -0.15) is 0 Å². The molecular weight excluding hydrogens is 244 g/mol. The number of carbonyl (C=O) groups is 1. The number of hydrogen-bond acceptors (Lipinski definition) is 5. The molecule has 1 aromatic heterocycles. The quantitative estimate of drug-likeness (QED) is 0.785. The second kappa shape index (κ2) is 5.48. The van der Waals surface area contributed by atoms with E-state index in [-0.39, 0.29) is 11.6 Å². The van der Waals surface area contributed by atoms with Crippen LogP contribution in [-0.2, 0) is 0 Å². The fraction of sp³-hybridized carbons (Fsp3) is 0.214. The van der Waals surface area contributed by atoms with E-state index < -0.39 is 0 Å². The molecule has 0 saturated heterocycles. The van der Waals surface area contributed by atoms with Crippen molar-refractivity contribution in [3.8, 4) is 11.5 Å². The zero-order valence-corrected chi connectivity index (χ0v) is 11.0. The predicted octanol–water partition coefficient (Wildman–Crippen LogP) is 2.03. The van der Waals surface area contributed by atoms with Gasteiger partial charge in [0.25, 0.3) is 0 Å². The van der Waals surface area contributed by atoms with Crippen LogP contribution in [-0.4, -0.2) is 30.0 Å². The summed E-state index contributed by atoms with van der Waals surface area (Å²) < 4.78 is 10.3. The van der Waals surface area contributed by atoms with Gasteiger partial charge in [-0.3, -0.25) is 4.79 Å². The molecule has 98 valence electrons. The van der Waals surface area contributed by atoms with Gasteiger partial charge in [0.05, 0.1) is 19.8 Å². The lowest BCUT2D eigenvalue weighted by atomic mass is 10.1. The maximum absolute atomic E-state index is 12.3. The molecule has 0 aliphatic rings. The highest BCUT2D eigenvalue weighted by Gasteiger charge is 2.17. The van der Waals surface area contributed by atoms with Crippen molar-refractivity contribution in [2.75, 3.05) is 14.2 Å². The van der Waals surface area contributed by atoms with Crippen LogP contribution in [0.25, 0.3) is 0 Å². The molecule has 1 aromatic carbocycles. The average molecular weight is 258 g/mol. The van der Waals surface area contributed by atoms with Crippen molar-refractivity contribution in [2.45, 2.75) is 6.92 Å². The lowest BCUT2D eigenvalue weighted by molar-refractivity contribution is 0.102. The molecule has 0 radical (unpaired) electrons. The summed E-state index contributed by atoms with van der Waals surface area (Å²) in [5, 5.41) is 0. The van der Waals surface area contributed by atoms with Crippen molar-refractivity contribution in [2.24, 2.45) is 0 Å². The highest BCUT2D eigenvalue weighted by molar-refractivity contribution is 6.08. The summed E-state index contributed by atoms with van der Waals surface area (Å²) >= 11 is 0. The van der Waals surface area contributed by atoms with Crippen molar-refractivity contribution < 1.29 is 14.3 Å². The number of aryl methyl sites for hydroxylation is 1. The Morgan fingerprint density at radius 3 is 2.37 bits per heavy atom. The first-order chi connectivity index (χ1) is 9.15. The van der Waals surface area contributed by atoms with E-state index in [2.05, 4.69) is 9.97 Å². The van der Waals surface area contributed by atoms with Crippen molar-refractivity contribution in [1.82, 2.24) is 9.97 Å². The van der Waals surface area contributed by atoms with Gasteiger partial charge in [0, 0.05) is 18.5 Å². The van der Waals surface area contributed by atoms with Gasteiger partial charge in [0.2, 0.25) is 11.6 Å². The number of ketones is 1. The van der Waals surface area contributed by atoms with Gasteiger partial charge < -0.3 is 9.47 Å². The summed E-state index contributed by atoms with van der Waals surface area (Å²) in [6, 6.07) is 4.99. The Balaban J connectivity index is 2.40. The van der Waals surface area contributed by atoms with E-state index in [0.29, 0.717) is 17.1 Å². The van der Waals surface area contributed by atoms with Gasteiger partial charge in [-0.15, -0.1) is 0 Å². The Morgan fingerprint density at radius 2 is 1.79 bits per heavy atom. The standard InChI is InChI=1S/C14H14N2O3/c1-9-7-15-14(16-8-9)13(17)11-5-4-10(18-2)6-12(11)19-3/h4-8H,1-3H3. The third-order valence-electron chi connectivity index (χ3n) is 2.64. The molecule has 0 fully saturated rings. The van der Waals surface area contributed by atoms with E-state index in [0.717, 1.165) is 5.56 Å². The zero-order chi connectivity index (χ0) is 13.8. The predicted molar refractivity (Wildman–Crippen MR) is 69.7 cm³/mol. The van der Waals surface area contributed by atoms with E-state index in [4.69, 9.17) is 9.47 Å². The number of nitrogens with zero attached hydrogens (tertiary/aromatic N) is 2. The van der Waals surface area contributed by atoms with Gasteiger partial charge in [-0.25, -0.2) is 9.97 Å². The summed E-state index contributed by atoms with van der Waals surface area (Å²) in [5.74, 6) is 0.931. The molecule has 2 rings (SSSR count). The van der Waals surface area contributed by atoms with Crippen molar-refractivity contribution in [3.63, 3.8) is 0 Å². The highest BCUT2D eigenvalue weighted by atomic mass is 16.5. The Kier molecular flexibility index (Phi) is 3.75. The fourth-order valence-electron chi connectivity index (χ4n) is 1.62. The number of rotatable bonds is 4. The van der Waals surface area contributed by atoms with Crippen LogP contribution in [0.4, 0.5) is 0 Å².